The van der Waals surface area contributed by atoms with Crippen LogP contribution < -0.4 is 16.5 Å². The number of nitrogen functional groups attached to an aromatic ring is 1. The van der Waals surface area contributed by atoms with E-state index >= 15 is 0 Å². The van der Waals surface area contributed by atoms with Gasteiger partial charge in [-0.1, -0.05) is 19.3 Å². The summed E-state index contributed by atoms with van der Waals surface area (Å²) in [5.74, 6) is 1.47. The van der Waals surface area contributed by atoms with E-state index in [1.54, 1.807) is 6.33 Å². The number of piperazine rings is 1. The summed E-state index contributed by atoms with van der Waals surface area (Å²) in [4.78, 5) is 10.9. The molecule has 0 amide bonds. The van der Waals surface area contributed by atoms with Crippen molar-refractivity contribution in [3.05, 3.63) is 6.33 Å². The van der Waals surface area contributed by atoms with Crippen molar-refractivity contribution < 1.29 is 0 Å². The molecule has 4 N–H and O–H groups in total. The lowest BCUT2D eigenvalue weighted by Crippen LogP contribution is -2.47. The molecule has 1 saturated carbocycles. The largest absolute Gasteiger partial charge is 0.393 e. The zero-order chi connectivity index (χ0) is 15.4. The van der Waals surface area contributed by atoms with Crippen LogP contribution in [0.5, 0.6) is 0 Å². The summed E-state index contributed by atoms with van der Waals surface area (Å²) < 4.78 is 0. The van der Waals surface area contributed by atoms with Crippen LogP contribution in [-0.4, -0.2) is 59.1 Å². The van der Waals surface area contributed by atoms with Crippen molar-refractivity contribution in [1.29, 1.82) is 0 Å². The Balaban J connectivity index is 1.63. The second-order valence-electron chi connectivity index (χ2n) is 6.37. The van der Waals surface area contributed by atoms with Crippen LogP contribution in [0.3, 0.4) is 0 Å². The van der Waals surface area contributed by atoms with Gasteiger partial charge >= 0.3 is 0 Å². The van der Waals surface area contributed by atoms with Gasteiger partial charge in [0.1, 0.15) is 12.0 Å². The molecule has 3 rings (SSSR count). The molecule has 0 aromatic carbocycles. The Kier molecular flexibility index (Phi) is 4.94. The van der Waals surface area contributed by atoms with Gasteiger partial charge in [-0.05, 0) is 19.9 Å². The lowest BCUT2D eigenvalue weighted by atomic mass is 9.95. The van der Waals surface area contributed by atoms with E-state index in [4.69, 9.17) is 5.73 Å². The predicted octanol–water partition coefficient (Wildman–Crippen LogP) is 1.38. The van der Waals surface area contributed by atoms with Crippen LogP contribution >= 0.6 is 0 Å². The number of anilines is 3. The standard InChI is InChI=1S/C15H27N7/c1-21-7-9-22(10-8-21)20-15-13(16)14(17-11-18-15)19-12-5-3-2-4-6-12/h11-12H,2-10,16H2,1H3,(H2,17,18,19,20). The number of hydrogen-bond acceptors (Lipinski definition) is 7. The number of likely N-dealkylation sites (N-methyl/N-ethyl adjacent to an activating group) is 1. The molecule has 0 atom stereocenters. The minimum Gasteiger partial charge on any atom is -0.393 e. The third-order valence-corrected chi connectivity index (χ3v) is 4.60. The zero-order valence-electron chi connectivity index (χ0n) is 13.4. The molecule has 0 radical (unpaired) electrons. The number of hydrogen-bond donors (Lipinski definition) is 3. The second-order valence-corrected chi connectivity index (χ2v) is 6.37. The van der Waals surface area contributed by atoms with Crippen molar-refractivity contribution in [2.24, 2.45) is 0 Å². The average Bonchev–Trinajstić information content (AvgIpc) is 2.54. The van der Waals surface area contributed by atoms with Gasteiger partial charge in [0.25, 0.3) is 0 Å². The molecule has 7 nitrogen and oxygen atoms in total. The summed E-state index contributed by atoms with van der Waals surface area (Å²) in [7, 11) is 2.14. The van der Waals surface area contributed by atoms with Gasteiger partial charge in [-0.2, -0.15) is 0 Å². The van der Waals surface area contributed by atoms with E-state index in [0.717, 1.165) is 32.0 Å². The third kappa shape index (κ3) is 3.78. The van der Waals surface area contributed by atoms with E-state index < -0.39 is 0 Å². The quantitative estimate of drug-likeness (QED) is 0.775. The molecule has 2 fully saturated rings. The topological polar surface area (TPSA) is 82.3 Å². The molecule has 0 unspecified atom stereocenters. The van der Waals surface area contributed by atoms with Gasteiger partial charge in [0.15, 0.2) is 11.6 Å². The van der Waals surface area contributed by atoms with E-state index in [0.29, 0.717) is 17.5 Å². The lowest BCUT2D eigenvalue weighted by molar-refractivity contribution is 0.178. The van der Waals surface area contributed by atoms with E-state index in [2.05, 4.69) is 37.7 Å². The van der Waals surface area contributed by atoms with Crippen molar-refractivity contribution in [1.82, 2.24) is 19.9 Å². The second kappa shape index (κ2) is 7.11. The van der Waals surface area contributed by atoms with Gasteiger partial charge in [0.2, 0.25) is 0 Å². The lowest BCUT2D eigenvalue weighted by Gasteiger charge is -2.33. The molecule has 2 heterocycles. The maximum absolute atomic E-state index is 6.26. The molecule has 1 aliphatic carbocycles. The van der Waals surface area contributed by atoms with Gasteiger partial charge in [-0.3, -0.25) is 0 Å². The Bertz CT molecular complexity index is 479. The number of nitrogens with two attached hydrogens (primary N) is 1. The molecular formula is C15H27N7. The van der Waals surface area contributed by atoms with Crippen LogP contribution in [-0.2, 0) is 0 Å². The third-order valence-electron chi connectivity index (χ3n) is 4.60. The minimum absolute atomic E-state index is 0.488. The van der Waals surface area contributed by atoms with Crippen molar-refractivity contribution in [3.63, 3.8) is 0 Å². The normalized spacial score (nSPS) is 21.7. The van der Waals surface area contributed by atoms with Crippen LogP contribution in [0.1, 0.15) is 32.1 Å². The SMILES string of the molecule is CN1CCN(Nc2ncnc(NC3CCCCC3)c2N)CC1. The zero-order valence-corrected chi connectivity index (χ0v) is 13.4. The number of hydrazine groups is 1. The Labute approximate surface area is 132 Å². The molecule has 7 heteroatoms. The summed E-state index contributed by atoms with van der Waals surface area (Å²) in [6, 6.07) is 0.488. The first kappa shape index (κ1) is 15.3. The molecule has 1 aliphatic heterocycles. The molecule has 1 aromatic heterocycles. The molecule has 1 saturated heterocycles. The summed E-state index contributed by atoms with van der Waals surface area (Å²) >= 11 is 0. The summed E-state index contributed by atoms with van der Waals surface area (Å²) in [6.07, 6.45) is 7.90. The Morgan fingerprint density at radius 2 is 1.73 bits per heavy atom. The number of aromatic nitrogens is 2. The van der Waals surface area contributed by atoms with Crippen molar-refractivity contribution in [3.8, 4) is 0 Å². The van der Waals surface area contributed by atoms with Gasteiger partial charge < -0.3 is 21.4 Å². The molecule has 22 heavy (non-hydrogen) atoms. The Hall–Kier alpha value is -1.60. The van der Waals surface area contributed by atoms with Crippen LogP contribution in [0.25, 0.3) is 0 Å². The van der Waals surface area contributed by atoms with Crippen molar-refractivity contribution in [2.75, 3.05) is 49.7 Å². The van der Waals surface area contributed by atoms with E-state index in [1.807, 2.05) is 0 Å². The van der Waals surface area contributed by atoms with Crippen LogP contribution in [0.2, 0.25) is 0 Å². The minimum atomic E-state index is 0.488. The number of nitrogens with zero attached hydrogens (tertiary/aromatic N) is 4. The van der Waals surface area contributed by atoms with Gasteiger partial charge in [0.05, 0.1) is 0 Å². The monoisotopic (exact) mass is 305 g/mol. The van der Waals surface area contributed by atoms with Crippen LogP contribution in [0.4, 0.5) is 17.3 Å². The molecule has 1 aromatic rings. The number of rotatable bonds is 4. The van der Waals surface area contributed by atoms with E-state index in [9.17, 15) is 0 Å². The maximum atomic E-state index is 6.26. The average molecular weight is 305 g/mol. The Morgan fingerprint density at radius 1 is 1.05 bits per heavy atom. The van der Waals surface area contributed by atoms with Crippen molar-refractivity contribution in [2.45, 2.75) is 38.1 Å². The highest BCUT2D eigenvalue weighted by Gasteiger charge is 2.18. The predicted molar refractivity (Wildman–Crippen MR) is 89.6 cm³/mol. The smallest absolute Gasteiger partial charge is 0.169 e. The van der Waals surface area contributed by atoms with Gasteiger partial charge in [0, 0.05) is 32.2 Å². The molecule has 0 spiro atoms. The molecule has 2 aliphatic rings. The highest BCUT2D eigenvalue weighted by Crippen LogP contribution is 2.27. The highest BCUT2D eigenvalue weighted by molar-refractivity contribution is 5.73. The molecule has 122 valence electrons. The van der Waals surface area contributed by atoms with Crippen LogP contribution in [0, 0.1) is 0 Å². The molecule has 0 bridgehead atoms. The van der Waals surface area contributed by atoms with Crippen LogP contribution in [0.15, 0.2) is 6.33 Å². The number of nitrogens with one attached hydrogen (secondary N) is 2. The van der Waals surface area contributed by atoms with E-state index in [1.165, 1.54) is 32.1 Å². The van der Waals surface area contributed by atoms with Gasteiger partial charge in [-0.25, -0.2) is 15.0 Å². The van der Waals surface area contributed by atoms with E-state index in [-0.39, 0.29) is 0 Å². The first-order valence-electron chi connectivity index (χ1n) is 8.29. The summed E-state index contributed by atoms with van der Waals surface area (Å²) in [6.45, 7) is 4.02. The summed E-state index contributed by atoms with van der Waals surface area (Å²) in [5, 5.41) is 5.66. The molecular weight excluding hydrogens is 278 g/mol. The maximum Gasteiger partial charge on any atom is 0.169 e. The van der Waals surface area contributed by atoms with Gasteiger partial charge in [-0.15, -0.1) is 0 Å². The fraction of sp³-hybridized carbons (Fsp3) is 0.733. The first-order valence-corrected chi connectivity index (χ1v) is 8.29. The fourth-order valence-electron chi connectivity index (χ4n) is 3.11. The van der Waals surface area contributed by atoms with Crippen molar-refractivity contribution >= 4 is 17.3 Å². The first-order chi connectivity index (χ1) is 10.7. The highest BCUT2D eigenvalue weighted by atomic mass is 15.5. The Morgan fingerprint density at radius 3 is 2.45 bits per heavy atom. The summed E-state index contributed by atoms with van der Waals surface area (Å²) in [5.41, 5.74) is 10.2. The fourth-order valence-corrected chi connectivity index (χ4v) is 3.11.